The van der Waals surface area contributed by atoms with E-state index in [1.165, 1.54) is 0 Å². The highest BCUT2D eigenvalue weighted by Gasteiger charge is 2.51. The molecule has 2 aliphatic rings. The number of para-hydroxylation sites is 1. The molecule has 2 aliphatic heterocycles. The van der Waals surface area contributed by atoms with Crippen LogP contribution in [-0.2, 0) is 43.3 Å². The number of H-pyrrole nitrogens is 1. The molecule has 1 saturated heterocycles. The lowest BCUT2D eigenvalue weighted by molar-refractivity contribution is -0.145. The van der Waals surface area contributed by atoms with E-state index in [9.17, 15) is 19.2 Å². The standard InChI is InChI=1S/C38H44N4O6Si/c1-49(2,3)19-18-47-34(43)21-27(20-25-12-6-4-7-13-25)39-36(44)33-22-29-28-16-10-11-17-30(28)40-35(29)32-23-31(37(45)42(32)33)41-38(46)48-24-26-14-8-5-9-15-26/h4-17,27,31-33,40H,18-24H2,1-3H3,(H,39,44)(H,41,46)/t27-,31-,32-,33-/m0/s1. The number of esters is 1. The SMILES string of the molecule is C[Si](C)(C)CCOC(=O)C[C@H](Cc1ccccc1)NC(=O)[C@@H]1Cc2c([nH]c3ccccc23)[C@@H]2C[C@H](NC(=O)OCc3ccccc3)C(=O)N12. The second-order valence-corrected chi connectivity index (χ2v) is 19.8. The predicted molar refractivity (Wildman–Crippen MR) is 189 cm³/mol. The van der Waals surface area contributed by atoms with Gasteiger partial charge in [0, 0.05) is 43.6 Å². The normalized spacial score (nSPS) is 19.1. The van der Waals surface area contributed by atoms with Gasteiger partial charge in [-0.1, -0.05) is 98.5 Å². The van der Waals surface area contributed by atoms with Crippen LogP contribution in [0, 0.1) is 0 Å². The third-order valence-corrected chi connectivity index (χ3v) is 11.0. The van der Waals surface area contributed by atoms with Crippen molar-refractivity contribution in [1.82, 2.24) is 20.5 Å². The van der Waals surface area contributed by atoms with Crippen LogP contribution < -0.4 is 10.6 Å². The molecule has 1 aromatic heterocycles. The molecular weight excluding hydrogens is 637 g/mol. The quantitative estimate of drug-likeness (QED) is 0.131. The number of aromatic amines is 1. The van der Waals surface area contributed by atoms with Crippen molar-refractivity contribution in [2.45, 2.75) is 82.1 Å². The highest BCUT2D eigenvalue weighted by molar-refractivity contribution is 6.76. The van der Waals surface area contributed by atoms with Crippen molar-refractivity contribution in [3.63, 3.8) is 0 Å². The minimum absolute atomic E-state index is 0.00615. The number of fused-ring (bicyclic) bond motifs is 5. The summed E-state index contributed by atoms with van der Waals surface area (Å²) in [5, 5.41) is 6.87. The molecule has 0 unspecified atom stereocenters. The van der Waals surface area contributed by atoms with Gasteiger partial charge < -0.3 is 30.0 Å². The molecule has 3 heterocycles. The Bertz CT molecular complexity index is 1810. The summed E-state index contributed by atoms with van der Waals surface area (Å²) in [6.45, 7) is 7.11. The molecule has 6 rings (SSSR count). The van der Waals surface area contributed by atoms with Gasteiger partial charge in [0.05, 0.1) is 19.1 Å². The number of ether oxygens (including phenoxy) is 2. The summed E-state index contributed by atoms with van der Waals surface area (Å²) in [5.74, 6) is -1.07. The first-order chi connectivity index (χ1) is 23.6. The Balaban J connectivity index is 1.22. The lowest BCUT2D eigenvalue weighted by Crippen LogP contribution is -2.55. The molecule has 3 aromatic carbocycles. The molecule has 3 amide bonds. The Morgan fingerprint density at radius 2 is 1.59 bits per heavy atom. The molecule has 1 fully saturated rings. The van der Waals surface area contributed by atoms with E-state index in [1.54, 1.807) is 4.90 Å². The molecule has 0 spiro atoms. The van der Waals surface area contributed by atoms with Crippen LogP contribution in [0.15, 0.2) is 84.9 Å². The van der Waals surface area contributed by atoms with Crippen molar-refractivity contribution in [3.05, 3.63) is 107 Å². The van der Waals surface area contributed by atoms with Crippen LogP contribution in [0.3, 0.4) is 0 Å². The number of alkyl carbamates (subject to hydrolysis) is 1. The van der Waals surface area contributed by atoms with E-state index < -0.39 is 38.3 Å². The van der Waals surface area contributed by atoms with Gasteiger partial charge in [0.2, 0.25) is 11.8 Å². The van der Waals surface area contributed by atoms with Gasteiger partial charge in [-0.05, 0) is 35.2 Å². The lowest BCUT2D eigenvalue weighted by atomic mass is 9.91. The maximum atomic E-state index is 14.3. The second kappa shape index (κ2) is 14.7. The average Bonchev–Trinajstić information content (AvgIpc) is 3.61. The van der Waals surface area contributed by atoms with E-state index in [-0.39, 0.29) is 43.7 Å². The summed E-state index contributed by atoms with van der Waals surface area (Å²) in [6.07, 6.45) is 0.300. The van der Waals surface area contributed by atoms with Gasteiger partial charge in [-0.25, -0.2) is 4.79 Å². The van der Waals surface area contributed by atoms with E-state index >= 15 is 0 Å². The van der Waals surface area contributed by atoms with Crippen LogP contribution in [0.2, 0.25) is 25.7 Å². The monoisotopic (exact) mass is 680 g/mol. The number of nitrogens with zero attached hydrogens (tertiary/aromatic N) is 1. The number of nitrogens with one attached hydrogen (secondary N) is 3. The summed E-state index contributed by atoms with van der Waals surface area (Å²) < 4.78 is 11.0. The van der Waals surface area contributed by atoms with Gasteiger partial charge in [0.1, 0.15) is 18.7 Å². The molecule has 256 valence electrons. The Morgan fingerprint density at radius 3 is 2.31 bits per heavy atom. The summed E-state index contributed by atoms with van der Waals surface area (Å²) in [4.78, 5) is 59.3. The molecule has 0 bridgehead atoms. The maximum absolute atomic E-state index is 14.3. The number of carbonyl (C=O) groups excluding carboxylic acids is 4. The average molecular weight is 681 g/mol. The van der Waals surface area contributed by atoms with E-state index in [4.69, 9.17) is 9.47 Å². The van der Waals surface area contributed by atoms with Crippen LogP contribution in [0.25, 0.3) is 10.9 Å². The first-order valence-electron chi connectivity index (χ1n) is 16.9. The lowest BCUT2D eigenvalue weighted by Gasteiger charge is -2.37. The Hall–Kier alpha value is -4.90. The Morgan fingerprint density at radius 1 is 0.918 bits per heavy atom. The summed E-state index contributed by atoms with van der Waals surface area (Å²) in [6, 6.07) is 25.0. The summed E-state index contributed by atoms with van der Waals surface area (Å²) in [7, 11) is -1.39. The first kappa shape index (κ1) is 34.0. The topological polar surface area (TPSA) is 130 Å². The highest BCUT2D eigenvalue weighted by Crippen LogP contribution is 2.43. The van der Waals surface area contributed by atoms with Gasteiger partial charge in [-0.15, -0.1) is 0 Å². The third-order valence-electron chi connectivity index (χ3n) is 9.27. The minimum atomic E-state index is -1.39. The van der Waals surface area contributed by atoms with Crippen LogP contribution in [0.4, 0.5) is 4.79 Å². The van der Waals surface area contributed by atoms with E-state index in [0.29, 0.717) is 13.0 Å². The predicted octanol–water partition coefficient (Wildman–Crippen LogP) is 5.66. The smallest absolute Gasteiger partial charge is 0.408 e. The molecule has 0 radical (unpaired) electrons. The van der Waals surface area contributed by atoms with Gasteiger partial charge in [-0.2, -0.15) is 0 Å². The number of rotatable bonds is 12. The second-order valence-electron chi connectivity index (χ2n) is 14.2. The maximum Gasteiger partial charge on any atom is 0.408 e. The minimum Gasteiger partial charge on any atom is -0.466 e. The molecule has 0 aliphatic carbocycles. The Labute approximate surface area is 287 Å². The molecule has 0 saturated carbocycles. The van der Waals surface area contributed by atoms with Crippen molar-refractivity contribution < 1.29 is 28.7 Å². The van der Waals surface area contributed by atoms with Gasteiger partial charge in [0.15, 0.2) is 0 Å². The molecule has 4 aromatic rings. The number of carbonyl (C=O) groups is 4. The molecule has 4 atom stereocenters. The summed E-state index contributed by atoms with van der Waals surface area (Å²) >= 11 is 0. The van der Waals surface area contributed by atoms with Crippen molar-refractivity contribution >= 4 is 42.9 Å². The zero-order valence-corrected chi connectivity index (χ0v) is 29.2. The van der Waals surface area contributed by atoms with Crippen LogP contribution >= 0.6 is 0 Å². The van der Waals surface area contributed by atoms with Gasteiger partial charge >= 0.3 is 12.1 Å². The Kier molecular flexibility index (Phi) is 10.2. The number of aromatic nitrogens is 1. The van der Waals surface area contributed by atoms with E-state index in [1.807, 2.05) is 84.9 Å². The number of benzene rings is 3. The zero-order chi connectivity index (χ0) is 34.5. The highest BCUT2D eigenvalue weighted by atomic mass is 28.3. The van der Waals surface area contributed by atoms with Crippen LogP contribution in [-0.4, -0.2) is 66.6 Å². The fourth-order valence-corrected chi connectivity index (χ4v) is 7.48. The van der Waals surface area contributed by atoms with Crippen molar-refractivity contribution in [3.8, 4) is 0 Å². The molecule has 10 nitrogen and oxygen atoms in total. The van der Waals surface area contributed by atoms with Crippen molar-refractivity contribution in [1.29, 1.82) is 0 Å². The first-order valence-corrected chi connectivity index (χ1v) is 20.7. The molecular formula is C38H44N4O6Si. The van der Waals surface area contributed by atoms with Crippen molar-refractivity contribution in [2.24, 2.45) is 0 Å². The number of hydrogen-bond acceptors (Lipinski definition) is 6. The fraction of sp³-hybridized carbons (Fsp3) is 0.368. The van der Waals surface area contributed by atoms with Gasteiger partial charge in [0.25, 0.3) is 0 Å². The zero-order valence-electron chi connectivity index (χ0n) is 28.2. The molecule has 11 heteroatoms. The fourth-order valence-electron chi connectivity index (χ4n) is 6.76. The van der Waals surface area contributed by atoms with E-state index in [2.05, 4.69) is 35.3 Å². The number of amides is 3. The van der Waals surface area contributed by atoms with E-state index in [0.717, 1.165) is 39.3 Å². The third kappa shape index (κ3) is 8.22. The van der Waals surface area contributed by atoms with Crippen LogP contribution in [0.1, 0.15) is 41.3 Å². The van der Waals surface area contributed by atoms with Gasteiger partial charge in [-0.3, -0.25) is 14.4 Å². The molecule has 49 heavy (non-hydrogen) atoms. The number of hydrogen-bond donors (Lipinski definition) is 3. The largest absolute Gasteiger partial charge is 0.466 e. The molecule has 3 N–H and O–H groups in total. The van der Waals surface area contributed by atoms with Crippen LogP contribution in [0.5, 0.6) is 0 Å². The van der Waals surface area contributed by atoms with Crippen molar-refractivity contribution in [2.75, 3.05) is 6.61 Å². The summed E-state index contributed by atoms with van der Waals surface area (Å²) in [5.41, 5.74) is 4.56.